The van der Waals surface area contributed by atoms with E-state index in [4.69, 9.17) is 13.8 Å². The first-order valence-corrected chi connectivity index (χ1v) is 23.5. The first-order chi connectivity index (χ1) is 27.1. The summed E-state index contributed by atoms with van der Waals surface area (Å²) in [6.07, 6.45) is 41.8. The molecule has 0 fully saturated rings. The van der Waals surface area contributed by atoms with Crippen molar-refractivity contribution in [3.8, 4) is 0 Å². The number of unbranched alkanes of at least 4 members (excludes halogenated alkanes) is 21. The molecule has 3 atom stereocenters. The van der Waals surface area contributed by atoms with Gasteiger partial charge in [-0.05, 0) is 64.2 Å². The van der Waals surface area contributed by atoms with Gasteiger partial charge in [0.05, 0.1) is 13.2 Å². The van der Waals surface area contributed by atoms with Crippen molar-refractivity contribution in [2.24, 2.45) is 0 Å². The Labute approximate surface area is 340 Å². The van der Waals surface area contributed by atoms with Crippen LogP contribution < -0.4 is 5.32 Å². The number of carboxylic acid groups (broad SMARTS) is 1. The molecule has 0 bridgehead atoms. The summed E-state index contributed by atoms with van der Waals surface area (Å²) >= 11 is 0. The highest BCUT2D eigenvalue weighted by Crippen LogP contribution is 2.43. The fourth-order valence-corrected chi connectivity index (χ4v) is 6.69. The van der Waals surface area contributed by atoms with Crippen molar-refractivity contribution >= 4 is 25.7 Å². The molecule has 56 heavy (non-hydrogen) atoms. The number of amides is 1. The number of esters is 1. The summed E-state index contributed by atoms with van der Waals surface area (Å²) in [6, 6.07) is -1.55. The number of aliphatic hydroxyl groups is 1. The number of carbonyl (C=O) groups excluding carboxylic acids is 2. The van der Waals surface area contributed by atoms with E-state index < -0.39 is 57.6 Å². The molecular formula is C44H80NO10P. The second kappa shape index (κ2) is 39.5. The van der Waals surface area contributed by atoms with Gasteiger partial charge in [0, 0.05) is 12.8 Å². The molecule has 0 rings (SSSR count). The molecule has 0 aliphatic rings. The van der Waals surface area contributed by atoms with Crippen molar-refractivity contribution in [1.29, 1.82) is 0 Å². The van der Waals surface area contributed by atoms with Gasteiger partial charge in [0.15, 0.2) is 6.04 Å². The minimum Gasteiger partial charge on any atom is -0.480 e. The minimum atomic E-state index is -4.75. The van der Waals surface area contributed by atoms with Gasteiger partial charge in [-0.15, -0.1) is 0 Å². The zero-order valence-electron chi connectivity index (χ0n) is 35.2. The van der Waals surface area contributed by atoms with Gasteiger partial charge in [0.25, 0.3) is 0 Å². The zero-order chi connectivity index (χ0) is 41.4. The second-order valence-corrected chi connectivity index (χ2v) is 16.3. The summed E-state index contributed by atoms with van der Waals surface area (Å²) in [6.45, 7) is 2.51. The van der Waals surface area contributed by atoms with E-state index in [-0.39, 0.29) is 12.8 Å². The quantitative estimate of drug-likeness (QED) is 0.0202. The van der Waals surface area contributed by atoms with Crippen LogP contribution in [0.5, 0.6) is 0 Å². The largest absolute Gasteiger partial charge is 0.480 e. The van der Waals surface area contributed by atoms with Crippen LogP contribution in [0, 0.1) is 0 Å². The molecule has 0 aromatic heterocycles. The normalized spacial score (nSPS) is 14.1. The van der Waals surface area contributed by atoms with Crippen molar-refractivity contribution in [2.45, 2.75) is 206 Å². The van der Waals surface area contributed by atoms with Crippen LogP contribution >= 0.6 is 7.82 Å². The average molecular weight is 814 g/mol. The number of aliphatic carboxylic acids is 1. The SMILES string of the molecule is CCCC/C=C\CCCCCCCC(=O)NC(COP(=O)(O)OCC(O)COC(=O)CCCCCCCCCCCCC/C=C\C/C=C\CCCCC)C(=O)O. The Morgan fingerprint density at radius 2 is 1.00 bits per heavy atom. The molecule has 3 unspecified atom stereocenters. The van der Waals surface area contributed by atoms with Crippen LogP contribution in [0.15, 0.2) is 36.5 Å². The zero-order valence-corrected chi connectivity index (χ0v) is 36.1. The highest BCUT2D eigenvalue weighted by molar-refractivity contribution is 7.47. The number of ether oxygens (including phenoxy) is 1. The summed E-state index contributed by atoms with van der Waals surface area (Å²) in [5, 5.41) is 21.8. The lowest BCUT2D eigenvalue weighted by Crippen LogP contribution is -2.43. The van der Waals surface area contributed by atoms with Crippen molar-refractivity contribution in [1.82, 2.24) is 5.32 Å². The van der Waals surface area contributed by atoms with Gasteiger partial charge in [-0.25, -0.2) is 9.36 Å². The molecule has 0 aromatic carbocycles. The summed E-state index contributed by atoms with van der Waals surface area (Å²) in [5.74, 6) is -2.39. The number of hydrogen-bond acceptors (Lipinski definition) is 8. The maximum absolute atomic E-state index is 12.2. The average Bonchev–Trinajstić information content (AvgIpc) is 3.17. The van der Waals surface area contributed by atoms with Crippen molar-refractivity contribution in [3.63, 3.8) is 0 Å². The van der Waals surface area contributed by atoms with Crippen LogP contribution in [0.25, 0.3) is 0 Å². The highest BCUT2D eigenvalue weighted by atomic mass is 31.2. The van der Waals surface area contributed by atoms with Gasteiger partial charge >= 0.3 is 19.8 Å². The molecule has 12 heteroatoms. The maximum atomic E-state index is 12.2. The summed E-state index contributed by atoms with van der Waals surface area (Å²) in [4.78, 5) is 45.8. The highest BCUT2D eigenvalue weighted by Gasteiger charge is 2.28. The number of rotatable bonds is 41. The number of phosphoric ester groups is 1. The Morgan fingerprint density at radius 1 is 0.571 bits per heavy atom. The first-order valence-electron chi connectivity index (χ1n) is 22.0. The molecule has 4 N–H and O–H groups in total. The van der Waals surface area contributed by atoms with Gasteiger partial charge in [-0.1, -0.05) is 153 Å². The lowest BCUT2D eigenvalue weighted by atomic mass is 10.0. The van der Waals surface area contributed by atoms with Crippen LogP contribution in [-0.2, 0) is 32.7 Å². The Kier molecular flexibility index (Phi) is 37.9. The van der Waals surface area contributed by atoms with E-state index in [1.54, 1.807) is 0 Å². The third kappa shape index (κ3) is 38.6. The number of hydrogen-bond donors (Lipinski definition) is 4. The molecule has 0 aliphatic carbocycles. The van der Waals surface area contributed by atoms with Gasteiger partial charge in [0.1, 0.15) is 12.7 Å². The number of aliphatic hydroxyl groups excluding tert-OH is 1. The lowest BCUT2D eigenvalue weighted by molar-refractivity contribution is -0.147. The smallest absolute Gasteiger partial charge is 0.472 e. The monoisotopic (exact) mass is 814 g/mol. The topological polar surface area (TPSA) is 169 Å². The molecule has 0 aliphatic heterocycles. The third-order valence-electron chi connectivity index (χ3n) is 9.40. The minimum absolute atomic E-state index is 0.135. The number of nitrogens with one attached hydrogen (secondary N) is 1. The molecule has 0 heterocycles. The molecule has 326 valence electrons. The van der Waals surface area contributed by atoms with E-state index in [2.05, 4.69) is 55.6 Å². The van der Waals surface area contributed by atoms with Crippen LogP contribution in [0.4, 0.5) is 0 Å². The van der Waals surface area contributed by atoms with Crippen LogP contribution in [0.2, 0.25) is 0 Å². The summed E-state index contributed by atoms with van der Waals surface area (Å²) in [7, 11) is -4.75. The molecule has 0 saturated heterocycles. The Bertz CT molecular complexity index is 1100. The van der Waals surface area contributed by atoms with Crippen molar-refractivity contribution < 1.29 is 47.8 Å². The Morgan fingerprint density at radius 3 is 1.52 bits per heavy atom. The van der Waals surface area contributed by atoms with Gasteiger partial charge in [-0.2, -0.15) is 0 Å². The van der Waals surface area contributed by atoms with Crippen molar-refractivity contribution in [2.75, 3.05) is 19.8 Å². The maximum Gasteiger partial charge on any atom is 0.472 e. The lowest BCUT2D eigenvalue weighted by Gasteiger charge is -2.18. The van der Waals surface area contributed by atoms with Gasteiger partial charge in [0.2, 0.25) is 5.91 Å². The van der Waals surface area contributed by atoms with E-state index in [0.717, 1.165) is 64.2 Å². The van der Waals surface area contributed by atoms with Gasteiger partial charge in [-0.3, -0.25) is 18.6 Å². The third-order valence-corrected chi connectivity index (χ3v) is 10.4. The molecule has 11 nitrogen and oxygen atoms in total. The Balaban J connectivity index is 3.84. The standard InChI is InChI=1S/C44H80NO10P/c1-3-5-7-9-11-13-15-16-17-18-19-20-21-22-23-24-26-28-30-32-34-36-43(48)53-37-40(46)38-54-56(51,52)55-39-41(44(49)50)45-42(47)35-33-31-29-27-25-14-12-10-8-6-4-2/h10-13,16-17,40-41,46H,3-9,14-15,18-39H2,1-2H3,(H,45,47)(H,49,50)(H,51,52)/b12-10-,13-11-,17-16-. The summed E-state index contributed by atoms with van der Waals surface area (Å²) < 4.78 is 26.8. The molecule has 1 amide bonds. The van der Waals surface area contributed by atoms with E-state index in [0.29, 0.717) is 12.8 Å². The number of carbonyl (C=O) groups is 3. The first kappa shape index (κ1) is 53.7. The predicted molar refractivity (Wildman–Crippen MR) is 226 cm³/mol. The van der Waals surface area contributed by atoms with Crippen LogP contribution in [0.3, 0.4) is 0 Å². The number of allylic oxidation sites excluding steroid dienone is 6. The molecule has 0 aromatic rings. The molecule has 0 saturated carbocycles. The predicted octanol–water partition coefficient (Wildman–Crippen LogP) is 11.2. The van der Waals surface area contributed by atoms with Crippen molar-refractivity contribution in [3.05, 3.63) is 36.5 Å². The number of phosphoric acid groups is 1. The van der Waals surface area contributed by atoms with E-state index in [1.165, 1.54) is 89.9 Å². The fraction of sp³-hybridized carbons (Fsp3) is 0.795. The van der Waals surface area contributed by atoms with Crippen LogP contribution in [0.1, 0.15) is 194 Å². The summed E-state index contributed by atoms with van der Waals surface area (Å²) in [5.41, 5.74) is 0. The Hall–Kier alpha value is -2.30. The second-order valence-electron chi connectivity index (χ2n) is 14.9. The van der Waals surface area contributed by atoms with E-state index >= 15 is 0 Å². The van der Waals surface area contributed by atoms with E-state index in [9.17, 15) is 34.1 Å². The molecule has 0 spiro atoms. The van der Waals surface area contributed by atoms with E-state index in [1.807, 2.05) is 0 Å². The molecular weight excluding hydrogens is 733 g/mol. The molecule has 0 radical (unpaired) electrons. The van der Waals surface area contributed by atoms with Gasteiger partial charge < -0.3 is 25.2 Å². The van der Waals surface area contributed by atoms with Crippen LogP contribution in [-0.4, -0.2) is 64.9 Å². The fourth-order valence-electron chi connectivity index (χ4n) is 5.91. The number of carboxylic acids is 1.